The minimum absolute atomic E-state index is 0.179. The Morgan fingerprint density at radius 1 is 0.733 bits per heavy atom. The fourth-order valence-corrected chi connectivity index (χ4v) is 3.69. The van der Waals surface area contributed by atoms with Crippen molar-refractivity contribution in [2.24, 2.45) is 0 Å². The molecule has 144 valence electrons. The summed E-state index contributed by atoms with van der Waals surface area (Å²) >= 11 is 0. The second kappa shape index (κ2) is 7.41. The number of benzene rings is 4. The van der Waals surface area contributed by atoms with E-state index in [0.717, 1.165) is 16.3 Å². The number of aromatic nitrogens is 2. The number of halogens is 1. The molecule has 0 aliphatic rings. The molecule has 0 amide bonds. The van der Waals surface area contributed by atoms with Crippen LogP contribution in [0.3, 0.4) is 0 Å². The maximum absolute atomic E-state index is 14.6. The lowest BCUT2D eigenvalue weighted by atomic mass is 10.0. The molecule has 0 saturated heterocycles. The van der Waals surface area contributed by atoms with Gasteiger partial charge in [0.1, 0.15) is 11.6 Å². The van der Waals surface area contributed by atoms with Crippen LogP contribution in [0, 0.1) is 5.82 Å². The van der Waals surface area contributed by atoms with E-state index in [-0.39, 0.29) is 11.2 Å². The SMILES string of the molecule is O=c1c2ccccc2nc(/C=C/c2cccc3ccccc23)n1-c1ccccc1F. The first-order chi connectivity index (χ1) is 14.7. The Labute approximate surface area is 172 Å². The average Bonchev–Trinajstić information content (AvgIpc) is 2.78. The summed E-state index contributed by atoms with van der Waals surface area (Å²) in [5, 5.41) is 2.66. The minimum Gasteiger partial charge on any atom is -0.268 e. The second-order valence-corrected chi connectivity index (χ2v) is 6.98. The fraction of sp³-hybridized carbons (Fsp3) is 0. The van der Waals surface area contributed by atoms with Gasteiger partial charge in [0.15, 0.2) is 0 Å². The van der Waals surface area contributed by atoms with E-state index in [1.165, 1.54) is 10.6 Å². The summed E-state index contributed by atoms with van der Waals surface area (Å²) in [4.78, 5) is 17.9. The van der Waals surface area contributed by atoms with Gasteiger partial charge in [-0.15, -0.1) is 0 Å². The van der Waals surface area contributed by atoms with E-state index < -0.39 is 5.82 Å². The van der Waals surface area contributed by atoms with Crippen molar-refractivity contribution in [2.75, 3.05) is 0 Å². The Morgan fingerprint density at radius 3 is 2.30 bits per heavy atom. The molecule has 1 aromatic heterocycles. The Bertz CT molecular complexity index is 1480. The molecule has 0 unspecified atom stereocenters. The molecule has 4 aromatic carbocycles. The number of fused-ring (bicyclic) bond motifs is 2. The lowest BCUT2D eigenvalue weighted by Crippen LogP contribution is -2.23. The van der Waals surface area contributed by atoms with Crippen LogP contribution in [0.2, 0.25) is 0 Å². The van der Waals surface area contributed by atoms with Crippen molar-refractivity contribution in [1.82, 2.24) is 9.55 Å². The number of hydrogen-bond donors (Lipinski definition) is 0. The molecule has 0 fully saturated rings. The van der Waals surface area contributed by atoms with Gasteiger partial charge >= 0.3 is 0 Å². The van der Waals surface area contributed by atoms with Crippen LogP contribution in [0.15, 0.2) is 95.8 Å². The standard InChI is InChI=1S/C26H17FN2O/c27-22-13-4-6-15-24(22)29-25(28-23-14-5-3-12-21(23)26(29)30)17-16-19-10-7-9-18-8-1-2-11-20(18)19/h1-17H/b17-16+. The summed E-state index contributed by atoms with van der Waals surface area (Å²) < 4.78 is 15.9. The van der Waals surface area contributed by atoms with Gasteiger partial charge in [-0.2, -0.15) is 0 Å². The van der Waals surface area contributed by atoms with E-state index in [1.54, 1.807) is 42.5 Å². The smallest absolute Gasteiger partial charge is 0.266 e. The van der Waals surface area contributed by atoms with E-state index in [1.807, 2.05) is 42.5 Å². The molecule has 5 aromatic rings. The average molecular weight is 392 g/mol. The predicted molar refractivity (Wildman–Crippen MR) is 120 cm³/mol. The summed E-state index contributed by atoms with van der Waals surface area (Å²) in [6, 6.07) is 27.5. The number of nitrogens with zero attached hydrogens (tertiary/aromatic N) is 2. The molecule has 0 atom stereocenters. The molecule has 0 bridgehead atoms. The van der Waals surface area contributed by atoms with E-state index in [0.29, 0.717) is 16.7 Å². The fourth-order valence-electron chi connectivity index (χ4n) is 3.69. The Kier molecular flexibility index (Phi) is 4.45. The van der Waals surface area contributed by atoms with Crippen molar-refractivity contribution in [2.45, 2.75) is 0 Å². The maximum atomic E-state index is 14.6. The van der Waals surface area contributed by atoms with Crippen LogP contribution in [0.4, 0.5) is 4.39 Å². The largest absolute Gasteiger partial charge is 0.268 e. The minimum atomic E-state index is -0.475. The summed E-state index contributed by atoms with van der Waals surface area (Å²) in [5.74, 6) is -0.103. The third-order valence-corrected chi connectivity index (χ3v) is 5.13. The van der Waals surface area contributed by atoms with E-state index in [4.69, 9.17) is 0 Å². The quantitative estimate of drug-likeness (QED) is 0.386. The molecule has 0 spiro atoms. The highest BCUT2D eigenvalue weighted by molar-refractivity contribution is 5.92. The van der Waals surface area contributed by atoms with Crippen molar-refractivity contribution in [3.8, 4) is 5.69 Å². The van der Waals surface area contributed by atoms with Crippen molar-refractivity contribution < 1.29 is 4.39 Å². The number of rotatable bonds is 3. The van der Waals surface area contributed by atoms with Crippen LogP contribution in [0.5, 0.6) is 0 Å². The van der Waals surface area contributed by atoms with E-state index in [2.05, 4.69) is 17.1 Å². The Hall–Kier alpha value is -4.05. The third kappa shape index (κ3) is 3.08. The molecule has 5 rings (SSSR count). The van der Waals surface area contributed by atoms with Gasteiger partial charge in [0.2, 0.25) is 0 Å². The highest BCUT2D eigenvalue weighted by atomic mass is 19.1. The summed E-state index contributed by atoms with van der Waals surface area (Å²) in [7, 11) is 0. The van der Waals surface area contributed by atoms with Gasteiger partial charge in [0.25, 0.3) is 5.56 Å². The number of para-hydroxylation sites is 2. The van der Waals surface area contributed by atoms with Gasteiger partial charge in [0, 0.05) is 0 Å². The van der Waals surface area contributed by atoms with Crippen LogP contribution >= 0.6 is 0 Å². The van der Waals surface area contributed by atoms with Gasteiger partial charge in [-0.1, -0.05) is 72.8 Å². The zero-order valence-corrected chi connectivity index (χ0v) is 16.0. The Morgan fingerprint density at radius 2 is 1.43 bits per heavy atom. The Balaban J connectivity index is 1.76. The molecule has 30 heavy (non-hydrogen) atoms. The van der Waals surface area contributed by atoms with Crippen LogP contribution < -0.4 is 5.56 Å². The summed E-state index contributed by atoms with van der Waals surface area (Å²) in [6.45, 7) is 0. The van der Waals surface area contributed by atoms with Crippen molar-refractivity contribution in [3.05, 3.63) is 119 Å². The molecule has 0 radical (unpaired) electrons. The van der Waals surface area contributed by atoms with E-state index >= 15 is 0 Å². The molecule has 0 aliphatic heterocycles. The monoisotopic (exact) mass is 392 g/mol. The van der Waals surface area contributed by atoms with Crippen molar-refractivity contribution in [1.29, 1.82) is 0 Å². The van der Waals surface area contributed by atoms with Crippen molar-refractivity contribution >= 4 is 33.8 Å². The van der Waals surface area contributed by atoms with Gasteiger partial charge in [-0.25, -0.2) is 9.37 Å². The van der Waals surface area contributed by atoms with Gasteiger partial charge in [0.05, 0.1) is 16.6 Å². The molecule has 0 saturated carbocycles. The van der Waals surface area contributed by atoms with Gasteiger partial charge in [-0.3, -0.25) is 9.36 Å². The van der Waals surface area contributed by atoms with Crippen LogP contribution in [0.25, 0.3) is 39.5 Å². The normalized spacial score (nSPS) is 11.5. The zero-order valence-electron chi connectivity index (χ0n) is 16.0. The molecule has 0 aliphatic carbocycles. The predicted octanol–water partition coefficient (Wildman–Crippen LogP) is 5.85. The lowest BCUT2D eigenvalue weighted by molar-refractivity contribution is 0.615. The molecular weight excluding hydrogens is 375 g/mol. The number of hydrogen-bond acceptors (Lipinski definition) is 2. The zero-order chi connectivity index (χ0) is 20.5. The van der Waals surface area contributed by atoms with Crippen LogP contribution in [-0.2, 0) is 0 Å². The third-order valence-electron chi connectivity index (χ3n) is 5.13. The van der Waals surface area contributed by atoms with Gasteiger partial charge in [-0.05, 0) is 46.7 Å². The van der Waals surface area contributed by atoms with Crippen molar-refractivity contribution in [3.63, 3.8) is 0 Å². The molecule has 3 nitrogen and oxygen atoms in total. The molecule has 0 N–H and O–H groups in total. The topological polar surface area (TPSA) is 34.9 Å². The van der Waals surface area contributed by atoms with Crippen LogP contribution in [0.1, 0.15) is 11.4 Å². The maximum Gasteiger partial charge on any atom is 0.266 e. The first-order valence-corrected chi connectivity index (χ1v) is 9.65. The summed E-state index contributed by atoms with van der Waals surface area (Å²) in [6.07, 6.45) is 3.68. The van der Waals surface area contributed by atoms with E-state index in [9.17, 15) is 9.18 Å². The highest BCUT2D eigenvalue weighted by Crippen LogP contribution is 2.22. The first-order valence-electron chi connectivity index (χ1n) is 9.65. The first kappa shape index (κ1) is 18.0. The summed E-state index contributed by atoms with van der Waals surface area (Å²) in [5.41, 5.74) is 1.45. The second-order valence-electron chi connectivity index (χ2n) is 6.98. The van der Waals surface area contributed by atoms with Crippen LogP contribution in [-0.4, -0.2) is 9.55 Å². The molecule has 1 heterocycles. The molecular formula is C26H17FN2O. The highest BCUT2D eigenvalue weighted by Gasteiger charge is 2.13. The molecule has 4 heteroatoms. The lowest BCUT2D eigenvalue weighted by Gasteiger charge is -2.12. The van der Waals surface area contributed by atoms with Gasteiger partial charge < -0.3 is 0 Å².